The number of carbonyl (C=O) groups is 2. The molecule has 7 nitrogen and oxygen atoms in total. The van der Waals surface area contributed by atoms with Crippen LogP contribution in [0.2, 0.25) is 0 Å². The first-order chi connectivity index (χ1) is 17.7. The second-order valence-corrected chi connectivity index (χ2v) is 15.2. The molecule has 1 aromatic heterocycles. The van der Waals surface area contributed by atoms with Gasteiger partial charge in [-0.25, -0.2) is 13.4 Å². The molecule has 0 bridgehead atoms. The Morgan fingerprint density at radius 1 is 1.18 bits per heavy atom. The Hall–Kier alpha value is -2.43. The maximum atomic E-state index is 13.5. The molecule has 4 rings (SSSR count). The summed E-state index contributed by atoms with van der Waals surface area (Å²) in [5.74, 6) is -0.641. The Morgan fingerprint density at radius 2 is 1.87 bits per heavy atom. The third-order valence-electron chi connectivity index (χ3n) is 6.83. The summed E-state index contributed by atoms with van der Waals surface area (Å²) in [6, 6.07) is 13.8. The number of hydrogen-bond acceptors (Lipinski definition) is 8. The fourth-order valence-electron chi connectivity index (χ4n) is 4.64. The molecule has 1 saturated heterocycles. The van der Waals surface area contributed by atoms with E-state index >= 15 is 0 Å². The third kappa shape index (κ3) is 6.40. The van der Waals surface area contributed by atoms with Gasteiger partial charge in [0.25, 0.3) is 0 Å². The van der Waals surface area contributed by atoms with Crippen molar-refractivity contribution in [2.24, 2.45) is 5.92 Å². The van der Waals surface area contributed by atoms with E-state index in [-0.39, 0.29) is 28.7 Å². The molecule has 204 valence electrons. The molecule has 0 radical (unpaired) electrons. The van der Waals surface area contributed by atoms with Gasteiger partial charge in [-0.05, 0) is 47.4 Å². The van der Waals surface area contributed by atoms with Crippen molar-refractivity contribution >= 4 is 60.2 Å². The number of thiazole rings is 1. The van der Waals surface area contributed by atoms with Gasteiger partial charge in [0.1, 0.15) is 5.60 Å². The van der Waals surface area contributed by atoms with Crippen molar-refractivity contribution in [3.05, 3.63) is 53.6 Å². The molecule has 2 heterocycles. The van der Waals surface area contributed by atoms with Gasteiger partial charge in [0.05, 0.1) is 16.5 Å². The lowest BCUT2D eigenvalue weighted by molar-refractivity contribution is -0.176. The summed E-state index contributed by atoms with van der Waals surface area (Å²) >= 11 is 2.43. The van der Waals surface area contributed by atoms with Gasteiger partial charge < -0.3 is 4.74 Å². The predicted octanol–water partition coefficient (Wildman–Crippen LogP) is 5.97. The fraction of sp³-hybridized carbons (Fsp3) is 0.464. The second kappa shape index (κ2) is 10.6. The number of Topliss-reactive ketones (excluding diaryl/α,β-unsaturated/α-hetero) is 1. The van der Waals surface area contributed by atoms with Crippen molar-refractivity contribution in [1.29, 1.82) is 0 Å². The average molecular weight is 575 g/mol. The molecule has 10 heteroatoms. The van der Waals surface area contributed by atoms with Crippen LogP contribution >= 0.6 is 23.1 Å². The van der Waals surface area contributed by atoms with Crippen LogP contribution in [0.3, 0.4) is 0 Å². The molecular formula is C28H34N2O5S3. The van der Waals surface area contributed by atoms with E-state index in [9.17, 15) is 18.0 Å². The Bertz CT molecular complexity index is 1440. The highest BCUT2D eigenvalue weighted by molar-refractivity contribution is 8.01. The molecule has 0 amide bonds. The van der Waals surface area contributed by atoms with Gasteiger partial charge in [-0.3, -0.25) is 14.3 Å². The minimum absolute atomic E-state index is 0.00972. The van der Waals surface area contributed by atoms with Gasteiger partial charge in [-0.2, -0.15) is 0 Å². The number of thioether (sulfide) groups is 1. The number of ketones is 1. The molecular weight excluding hydrogens is 541 g/mol. The first-order valence-corrected chi connectivity index (χ1v) is 16.1. The number of sulfonamides is 1. The molecule has 1 N–H and O–H groups in total. The Kier molecular flexibility index (Phi) is 7.99. The van der Waals surface area contributed by atoms with E-state index in [1.165, 1.54) is 23.1 Å². The smallest absolute Gasteiger partial charge is 0.327 e. The molecule has 1 unspecified atom stereocenters. The van der Waals surface area contributed by atoms with Gasteiger partial charge in [0, 0.05) is 11.3 Å². The zero-order valence-corrected chi connectivity index (χ0v) is 25.0. The van der Waals surface area contributed by atoms with Gasteiger partial charge >= 0.3 is 5.97 Å². The molecule has 0 aliphatic carbocycles. The van der Waals surface area contributed by atoms with Crippen molar-refractivity contribution in [2.75, 3.05) is 11.0 Å². The molecule has 0 saturated carbocycles. The molecule has 1 fully saturated rings. The van der Waals surface area contributed by atoms with Crippen molar-refractivity contribution in [2.45, 2.75) is 75.0 Å². The number of fused-ring (bicyclic) bond motifs is 1. The van der Waals surface area contributed by atoms with E-state index in [0.29, 0.717) is 11.9 Å². The van der Waals surface area contributed by atoms with E-state index < -0.39 is 26.8 Å². The zero-order chi connectivity index (χ0) is 27.9. The highest BCUT2D eigenvalue weighted by atomic mass is 32.2. The number of nitrogens with one attached hydrogen (secondary N) is 1. The van der Waals surface area contributed by atoms with Crippen molar-refractivity contribution in [3.8, 4) is 0 Å². The largest absolute Gasteiger partial charge is 0.457 e. The molecule has 1 aliphatic heterocycles. The van der Waals surface area contributed by atoms with Crippen LogP contribution < -0.4 is 4.72 Å². The van der Waals surface area contributed by atoms with Gasteiger partial charge in [0.2, 0.25) is 10.0 Å². The lowest BCUT2D eigenvalue weighted by Crippen LogP contribution is -2.52. The number of aromatic nitrogens is 1. The van der Waals surface area contributed by atoms with Gasteiger partial charge in [0.15, 0.2) is 16.2 Å². The minimum atomic E-state index is -3.46. The normalized spacial score (nSPS) is 20.7. The van der Waals surface area contributed by atoms with Crippen molar-refractivity contribution in [1.82, 2.24) is 4.98 Å². The number of benzene rings is 2. The van der Waals surface area contributed by atoms with E-state index in [4.69, 9.17) is 4.74 Å². The summed E-state index contributed by atoms with van der Waals surface area (Å²) < 4.78 is 32.7. The van der Waals surface area contributed by atoms with Crippen LogP contribution in [0, 0.1) is 5.92 Å². The fourth-order valence-corrected chi connectivity index (χ4v) is 7.73. The maximum absolute atomic E-state index is 13.5. The van der Waals surface area contributed by atoms with Crippen LogP contribution in [0.15, 0.2) is 47.4 Å². The first-order valence-electron chi connectivity index (χ1n) is 12.6. The van der Waals surface area contributed by atoms with Crippen LogP contribution in [0.25, 0.3) is 10.2 Å². The average Bonchev–Trinajstić information content (AvgIpc) is 3.19. The number of esters is 1. The molecule has 0 spiro atoms. The molecule has 1 aliphatic rings. The molecule has 2 atom stereocenters. The number of rotatable bonds is 8. The highest BCUT2D eigenvalue weighted by Crippen LogP contribution is 2.44. The summed E-state index contributed by atoms with van der Waals surface area (Å²) in [4.78, 5) is 32.1. The summed E-state index contributed by atoms with van der Waals surface area (Å²) in [6.07, 6.45) is 2.56. The molecule has 3 aromatic rings. The van der Waals surface area contributed by atoms with E-state index in [1.54, 1.807) is 0 Å². The quantitative estimate of drug-likeness (QED) is 0.261. The standard InChI is InChI=1S/C28H34N2O5S3/c1-17(2)28(13-12-18-10-8-7-9-11-18)16-21(31)24(25(32)35-28)36-22-15-23-20(14-19(22)27(3,4)5)29-26(37-23)30-38(6,33)34/h7-11,14-15,17,24H,12-13,16H2,1-6H3,(H,29,30)/t24?,28-/m0/s1. The SMILES string of the molecule is CC(C)[C@]1(CCc2ccccc2)CC(=O)C(Sc2cc3sc(NS(C)(=O)=O)nc3cc2C(C)(C)C)C(=O)O1. The molecule has 2 aromatic carbocycles. The number of nitrogens with zero attached hydrogens (tertiary/aromatic N) is 1. The van der Waals surface area contributed by atoms with Crippen LogP contribution in [-0.4, -0.2) is 42.3 Å². The Balaban J connectivity index is 1.62. The Morgan fingerprint density at radius 3 is 2.45 bits per heavy atom. The maximum Gasteiger partial charge on any atom is 0.327 e. The number of cyclic esters (lactones) is 1. The second-order valence-electron chi connectivity index (χ2n) is 11.2. The van der Waals surface area contributed by atoms with E-state index in [0.717, 1.165) is 33.4 Å². The number of hydrogen-bond donors (Lipinski definition) is 1. The lowest BCUT2D eigenvalue weighted by atomic mass is 9.78. The van der Waals surface area contributed by atoms with E-state index in [2.05, 4.69) is 30.5 Å². The molecule has 38 heavy (non-hydrogen) atoms. The van der Waals surface area contributed by atoms with Crippen LogP contribution in [-0.2, 0) is 36.2 Å². The van der Waals surface area contributed by atoms with E-state index in [1.807, 2.05) is 56.3 Å². The first kappa shape index (κ1) is 28.6. The van der Waals surface area contributed by atoms with Crippen molar-refractivity contribution < 1.29 is 22.7 Å². The topological polar surface area (TPSA) is 102 Å². The number of carbonyl (C=O) groups excluding carboxylic acids is 2. The summed E-state index contributed by atoms with van der Waals surface area (Å²) in [7, 11) is -3.46. The number of aryl methyl sites for hydroxylation is 1. The third-order valence-corrected chi connectivity index (χ3v) is 9.74. The van der Waals surface area contributed by atoms with Gasteiger partial charge in [-0.15, -0.1) is 11.8 Å². The number of ether oxygens (including phenoxy) is 1. The predicted molar refractivity (Wildman–Crippen MR) is 154 cm³/mol. The van der Waals surface area contributed by atoms with Gasteiger partial charge in [-0.1, -0.05) is 76.3 Å². The summed E-state index contributed by atoms with van der Waals surface area (Å²) in [5, 5.41) is -0.684. The monoisotopic (exact) mass is 574 g/mol. The zero-order valence-electron chi connectivity index (χ0n) is 22.5. The Labute approximate surface area is 232 Å². The minimum Gasteiger partial charge on any atom is -0.457 e. The summed E-state index contributed by atoms with van der Waals surface area (Å²) in [6.45, 7) is 10.1. The highest BCUT2D eigenvalue weighted by Gasteiger charge is 2.49. The van der Waals surface area contributed by atoms with Crippen molar-refractivity contribution in [3.63, 3.8) is 0 Å². The number of anilines is 1. The summed E-state index contributed by atoms with van der Waals surface area (Å²) in [5.41, 5.74) is 1.60. The van der Waals surface area contributed by atoms with Crippen LogP contribution in [0.5, 0.6) is 0 Å². The van der Waals surface area contributed by atoms with Crippen LogP contribution in [0.4, 0.5) is 5.13 Å². The lowest BCUT2D eigenvalue weighted by Gasteiger charge is -2.41. The van der Waals surface area contributed by atoms with Crippen LogP contribution in [0.1, 0.15) is 58.6 Å².